The molecule has 3 amide bonds. The number of imide groups is 1. The molecule has 4 aliphatic heterocycles. The predicted molar refractivity (Wildman–Crippen MR) is 243 cm³/mol. The maximum atomic E-state index is 15.0. The number of amides is 3. The average Bonchev–Trinajstić information content (AvgIpc) is 3.66. The van der Waals surface area contributed by atoms with Crippen molar-refractivity contribution in [3.8, 4) is 11.1 Å². The third kappa shape index (κ3) is 9.12. The van der Waals surface area contributed by atoms with Gasteiger partial charge in [-0.1, -0.05) is 12.1 Å². The van der Waals surface area contributed by atoms with Gasteiger partial charge in [0.1, 0.15) is 23.3 Å². The second-order valence-corrected chi connectivity index (χ2v) is 17.7. The summed E-state index contributed by atoms with van der Waals surface area (Å²) in [6.07, 6.45) is 8.46. The number of nitrogens with zero attached hydrogens (tertiary/aromatic N) is 8. The van der Waals surface area contributed by atoms with Crippen molar-refractivity contribution in [2.45, 2.75) is 63.5 Å². The summed E-state index contributed by atoms with van der Waals surface area (Å²) in [6, 6.07) is 19.9. The molecule has 2 atom stereocenters. The van der Waals surface area contributed by atoms with Crippen molar-refractivity contribution in [1.82, 2.24) is 39.5 Å². The molecule has 8 heterocycles. The van der Waals surface area contributed by atoms with Gasteiger partial charge in [0.15, 0.2) is 0 Å². The first-order valence-electron chi connectivity index (χ1n) is 22.6. The second-order valence-electron chi connectivity index (χ2n) is 17.7. The summed E-state index contributed by atoms with van der Waals surface area (Å²) in [4.78, 5) is 59.8. The van der Waals surface area contributed by atoms with Crippen LogP contribution in [-0.2, 0) is 16.6 Å². The molecule has 14 nitrogen and oxygen atoms in total. The van der Waals surface area contributed by atoms with Gasteiger partial charge in [0.05, 0.1) is 5.69 Å². The molecule has 0 aliphatic carbocycles. The molecule has 5 aromatic rings. The highest BCUT2D eigenvalue weighted by Gasteiger charge is 2.31. The van der Waals surface area contributed by atoms with E-state index in [1.165, 1.54) is 11.3 Å². The highest BCUT2D eigenvalue weighted by atomic mass is 19.1. The molecular weight excluding hydrogens is 798 g/mol. The molecule has 0 saturated carbocycles. The predicted octanol–water partition coefficient (Wildman–Crippen LogP) is 6.04. The fourth-order valence-electron chi connectivity index (χ4n) is 10.1. The summed E-state index contributed by atoms with van der Waals surface area (Å²) in [5.41, 5.74) is 6.69. The largest absolute Gasteiger partial charge is 0.373 e. The number of aromatic nitrogens is 4. The summed E-state index contributed by atoms with van der Waals surface area (Å²) in [6.45, 7) is 10.0. The number of carbonyl (C=O) groups excluding carboxylic acids is 3. The van der Waals surface area contributed by atoms with Gasteiger partial charge in [0.2, 0.25) is 17.8 Å². The molecule has 0 bridgehead atoms. The molecule has 4 fully saturated rings. The number of benzene rings is 1. The lowest BCUT2D eigenvalue weighted by atomic mass is 9.88. The van der Waals surface area contributed by atoms with Gasteiger partial charge in [0, 0.05) is 107 Å². The number of rotatable bonds is 11. The maximum absolute atomic E-state index is 15.0. The molecule has 4 aliphatic rings. The van der Waals surface area contributed by atoms with Gasteiger partial charge in [-0.25, -0.2) is 15.0 Å². The van der Waals surface area contributed by atoms with Gasteiger partial charge in [-0.15, -0.1) is 0 Å². The SMILES string of the molecule is CNc1ccc(-c2ccnc3c2cc([C@H](C)N2CCC(c4ccc(C(=O)N5CCC(CN6CCN(c7ccc(NC8CCC(=O)NC8=O)c(F)n7)CC6)CC5)cc4)CC2)n3C)cn1. The Hall–Kier alpha value is -5.93. The fraction of sp³-hybridized carbons (Fsp3) is 0.458. The van der Waals surface area contributed by atoms with E-state index in [4.69, 9.17) is 4.98 Å². The number of hydrogen-bond donors (Lipinski definition) is 3. The molecule has 4 aromatic heterocycles. The third-order valence-corrected chi connectivity index (χ3v) is 13.9. The van der Waals surface area contributed by atoms with Crippen LogP contribution in [0.25, 0.3) is 22.2 Å². The van der Waals surface area contributed by atoms with E-state index in [2.05, 4.69) is 89.5 Å². The Morgan fingerprint density at radius 3 is 2.33 bits per heavy atom. The fourth-order valence-corrected chi connectivity index (χ4v) is 10.1. The van der Waals surface area contributed by atoms with Crippen molar-refractivity contribution in [3.63, 3.8) is 0 Å². The van der Waals surface area contributed by atoms with E-state index in [-0.39, 0.29) is 30.0 Å². The molecule has 9 rings (SSSR count). The van der Waals surface area contributed by atoms with E-state index < -0.39 is 17.9 Å². The van der Waals surface area contributed by atoms with Gasteiger partial charge in [-0.3, -0.25) is 29.5 Å². The van der Waals surface area contributed by atoms with Gasteiger partial charge < -0.3 is 25.0 Å². The van der Waals surface area contributed by atoms with E-state index >= 15 is 0 Å². The molecule has 0 spiro atoms. The number of carbonyl (C=O) groups is 3. The zero-order chi connectivity index (χ0) is 43.6. The highest BCUT2D eigenvalue weighted by molar-refractivity contribution is 6.01. The molecule has 1 unspecified atom stereocenters. The van der Waals surface area contributed by atoms with E-state index in [1.54, 1.807) is 12.1 Å². The Morgan fingerprint density at radius 2 is 1.65 bits per heavy atom. The molecule has 1 aromatic carbocycles. The van der Waals surface area contributed by atoms with Crippen LogP contribution in [0.4, 0.5) is 21.7 Å². The smallest absolute Gasteiger partial charge is 0.253 e. The van der Waals surface area contributed by atoms with Crippen molar-refractivity contribution in [2.24, 2.45) is 13.0 Å². The summed E-state index contributed by atoms with van der Waals surface area (Å²) in [5.74, 6) is 1.12. The van der Waals surface area contributed by atoms with Crippen LogP contribution in [0, 0.1) is 11.9 Å². The zero-order valence-electron chi connectivity index (χ0n) is 36.5. The normalized spacial score (nSPS) is 20.2. The van der Waals surface area contributed by atoms with Gasteiger partial charge in [0.25, 0.3) is 5.91 Å². The Balaban J connectivity index is 0.716. The van der Waals surface area contributed by atoms with Crippen LogP contribution in [0.1, 0.15) is 79.0 Å². The van der Waals surface area contributed by atoms with Gasteiger partial charge in [-0.2, -0.15) is 4.39 Å². The standard InChI is InChI=1S/C48H58FN11O3/c1-31(41-28-38-37(14-19-51-46(38)56(41)3)36-8-11-42(50-2)52-29-36)58-22-17-34(18-23-58)33-4-6-35(7-5-33)48(63)60-20-15-32(16-21-60)30-57-24-26-59(27-25-57)43-12-9-39(45(49)54-43)53-40-10-13-44(61)55-47(40)62/h4-9,11-12,14,19,28-29,31-32,34,40,53H,10,13,15-18,20-27,30H2,1-3H3,(H,50,52)(H,55,61,62)/t31-,40?/m0/s1. The van der Waals surface area contributed by atoms with Crippen LogP contribution in [0.2, 0.25) is 0 Å². The number of likely N-dealkylation sites (tertiary alicyclic amines) is 2. The quantitative estimate of drug-likeness (QED) is 0.106. The molecule has 15 heteroatoms. The first-order chi connectivity index (χ1) is 30.6. The Kier molecular flexibility index (Phi) is 12.4. The topological polar surface area (TPSA) is 144 Å². The summed E-state index contributed by atoms with van der Waals surface area (Å²) < 4.78 is 17.2. The Bertz CT molecular complexity index is 2430. The molecular formula is C48H58FN11O3. The molecule has 4 saturated heterocycles. The van der Waals surface area contributed by atoms with Crippen LogP contribution < -0.4 is 20.9 Å². The monoisotopic (exact) mass is 855 g/mol. The minimum atomic E-state index is -0.663. The Labute approximate surface area is 368 Å². The zero-order valence-corrected chi connectivity index (χ0v) is 36.5. The number of nitrogens with one attached hydrogen (secondary N) is 3. The van der Waals surface area contributed by atoms with Gasteiger partial charge >= 0.3 is 0 Å². The number of pyridine rings is 3. The maximum Gasteiger partial charge on any atom is 0.253 e. The van der Waals surface area contributed by atoms with Crippen LogP contribution in [-0.4, -0.2) is 124 Å². The molecule has 3 N–H and O–H groups in total. The minimum absolute atomic E-state index is 0.120. The lowest BCUT2D eigenvalue weighted by molar-refractivity contribution is -0.133. The summed E-state index contributed by atoms with van der Waals surface area (Å²) in [5, 5.41) is 9.42. The second kappa shape index (κ2) is 18.4. The summed E-state index contributed by atoms with van der Waals surface area (Å²) >= 11 is 0. The number of piperidine rings is 3. The number of anilines is 3. The first-order valence-corrected chi connectivity index (χ1v) is 22.6. The summed E-state index contributed by atoms with van der Waals surface area (Å²) in [7, 11) is 4.00. The lowest BCUT2D eigenvalue weighted by Crippen LogP contribution is -2.49. The lowest BCUT2D eigenvalue weighted by Gasteiger charge is -2.39. The van der Waals surface area contributed by atoms with E-state index in [9.17, 15) is 18.8 Å². The van der Waals surface area contributed by atoms with E-state index in [0.717, 1.165) is 118 Å². The number of fused-ring (bicyclic) bond motifs is 1. The van der Waals surface area contributed by atoms with Crippen molar-refractivity contribution >= 4 is 46.1 Å². The van der Waals surface area contributed by atoms with Crippen LogP contribution >= 0.6 is 0 Å². The number of aryl methyl sites for hydroxylation is 1. The number of piperazine rings is 1. The van der Waals surface area contributed by atoms with Crippen LogP contribution in [0.5, 0.6) is 0 Å². The number of hydrogen-bond acceptors (Lipinski definition) is 11. The van der Waals surface area contributed by atoms with Crippen molar-refractivity contribution in [1.29, 1.82) is 0 Å². The van der Waals surface area contributed by atoms with E-state index in [0.29, 0.717) is 24.1 Å². The van der Waals surface area contributed by atoms with Crippen molar-refractivity contribution in [2.75, 3.05) is 81.5 Å². The average molecular weight is 856 g/mol. The van der Waals surface area contributed by atoms with Crippen molar-refractivity contribution in [3.05, 3.63) is 95.8 Å². The minimum Gasteiger partial charge on any atom is -0.373 e. The van der Waals surface area contributed by atoms with Crippen LogP contribution in [0.3, 0.4) is 0 Å². The molecule has 63 heavy (non-hydrogen) atoms. The first kappa shape index (κ1) is 42.4. The molecule has 0 radical (unpaired) electrons. The highest BCUT2D eigenvalue weighted by Crippen LogP contribution is 2.36. The van der Waals surface area contributed by atoms with Gasteiger partial charge in [-0.05, 0) is 124 Å². The third-order valence-electron chi connectivity index (χ3n) is 13.9. The van der Waals surface area contributed by atoms with E-state index in [1.807, 2.05) is 42.5 Å². The Morgan fingerprint density at radius 1 is 0.889 bits per heavy atom. The molecule has 330 valence electrons. The number of halogens is 1. The van der Waals surface area contributed by atoms with Crippen LogP contribution in [0.15, 0.2) is 73.1 Å². The van der Waals surface area contributed by atoms with Crippen molar-refractivity contribution < 1.29 is 18.8 Å².